The third-order valence-electron chi connectivity index (χ3n) is 3.00. The molecule has 0 aliphatic rings. The highest BCUT2D eigenvalue weighted by Crippen LogP contribution is 2.21. The molecular weight excluding hydrogens is 229 g/mol. The van der Waals surface area contributed by atoms with Crippen LogP contribution in [0.1, 0.15) is 29.7 Å². The van der Waals surface area contributed by atoms with E-state index in [2.05, 4.69) is 4.98 Å². The number of aromatic nitrogens is 1. The van der Waals surface area contributed by atoms with E-state index in [0.717, 1.165) is 23.1 Å². The fourth-order valence-electron chi connectivity index (χ4n) is 2.06. The van der Waals surface area contributed by atoms with Crippen molar-refractivity contribution >= 4 is 0 Å². The van der Waals surface area contributed by atoms with E-state index in [1.165, 1.54) is 12.1 Å². The lowest BCUT2D eigenvalue weighted by Crippen LogP contribution is -2.05. The summed E-state index contributed by atoms with van der Waals surface area (Å²) in [5, 5.41) is 10.2. The zero-order valence-corrected chi connectivity index (χ0v) is 10.3. The average Bonchev–Trinajstić information content (AvgIpc) is 2.38. The SMILES string of the molecule is CCc1cnccc1C(O)Cc1cccc(F)c1. The molecule has 2 nitrogen and oxygen atoms in total. The fourth-order valence-corrected chi connectivity index (χ4v) is 2.06. The van der Waals surface area contributed by atoms with Gasteiger partial charge in [0.1, 0.15) is 5.82 Å². The van der Waals surface area contributed by atoms with Gasteiger partial charge in [-0.3, -0.25) is 4.98 Å². The van der Waals surface area contributed by atoms with Crippen molar-refractivity contribution in [1.29, 1.82) is 0 Å². The number of aryl methyl sites for hydroxylation is 1. The zero-order chi connectivity index (χ0) is 13.0. The summed E-state index contributed by atoms with van der Waals surface area (Å²) in [5.74, 6) is -0.273. The maximum atomic E-state index is 13.1. The minimum Gasteiger partial charge on any atom is -0.388 e. The summed E-state index contributed by atoms with van der Waals surface area (Å²) < 4.78 is 13.1. The Balaban J connectivity index is 2.19. The summed E-state index contributed by atoms with van der Waals surface area (Å²) in [6.07, 6.45) is 4.05. The van der Waals surface area contributed by atoms with E-state index < -0.39 is 6.10 Å². The maximum Gasteiger partial charge on any atom is 0.123 e. The monoisotopic (exact) mass is 245 g/mol. The van der Waals surface area contributed by atoms with Gasteiger partial charge in [0.25, 0.3) is 0 Å². The maximum absolute atomic E-state index is 13.1. The molecule has 0 aliphatic heterocycles. The number of rotatable bonds is 4. The van der Waals surface area contributed by atoms with Crippen LogP contribution in [-0.4, -0.2) is 10.1 Å². The molecule has 1 N–H and O–H groups in total. The van der Waals surface area contributed by atoms with Crippen LogP contribution in [-0.2, 0) is 12.8 Å². The van der Waals surface area contributed by atoms with Crippen LogP contribution in [0, 0.1) is 5.82 Å². The van der Waals surface area contributed by atoms with Crippen molar-refractivity contribution in [1.82, 2.24) is 4.98 Å². The largest absolute Gasteiger partial charge is 0.388 e. The second-order valence-electron chi connectivity index (χ2n) is 4.28. The van der Waals surface area contributed by atoms with Crippen LogP contribution >= 0.6 is 0 Å². The van der Waals surface area contributed by atoms with Crippen LogP contribution in [0.25, 0.3) is 0 Å². The Morgan fingerprint density at radius 1 is 1.33 bits per heavy atom. The predicted molar refractivity (Wildman–Crippen MR) is 68.7 cm³/mol. The second kappa shape index (κ2) is 5.74. The van der Waals surface area contributed by atoms with Crippen molar-refractivity contribution in [2.24, 2.45) is 0 Å². The molecule has 0 spiro atoms. The lowest BCUT2D eigenvalue weighted by Gasteiger charge is -2.14. The number of hydrogen-bond donors (Lipinski definition) is 1. The van der Waals surface area contributed by atoms with Gasteiger partial charge in [-0.1, -0.05) is 19.1 Å². The summed E-state index contributed by atoms with van der Waals surface area (Å²) in [7, 11) is 0. The highest BCUT2D eigenvalue weighted by atomic mass is 19.1. The van der Waals surface area contributed by atoms with Crippen LogP contribution in [0.15, 0.2) is 42.7 Å². The van der Waals surface area contributed by atoms with Gasteiger partial charge in [-0.2, -0.15) is 0 Å². The summed E-state index contributed by atoms with van der Waals surface area (Å²) in [6, 6.07) is 8.16. The van der Waals surface area contributed by atoms with Gasteiger partial charge in [0.15, 0.2) is 0 Å². The first-order chi connectivity index (χ1) is 8.70. The van der Waals surface area contributed by atoms with Crippen LogP contribution in [0.5, 0.6) is 0 Å². The molecule has 0 saturated carbocycles. The lowest BCUT2D eigenvalue weighted by atomic mass is 9.97. The molecule has 3 heteroatoms. The second-order valence-corrected chi connectivity index (χ2v) is 4.28. The normalized spacial score (nSPS) is 12.4. The molecule has 0 bridgehead atoms. The number of aliphatic hydroxyl groups is 1. The number of halogens is 1. The lowest BCUT2D eigenvalue weighted by molar-refractivity contribution is 0.177. The zero-order valence-electron chi connectivity index (χ0n) is 10.3. The van der Waals surface area contributed by atoms with Gasteiger partial charge >= 0.3 is 0 Å². The fraction of sp³-hybridized carbons (Fsp3) is 0.267. The number of benzene rings is 1. The topological polar surface area (TPSA) is 33.1 Å². The molecule has 0 amide bonds. The molecule has 0 radical (unpaired) electrons. The summed E-state index contributed by atoms with van der Waals surface area (Å²) in [6.45, 7) is 2.02. The molecule has 2 rings (SSSR count). The van der Waals surface area contributed by atoms with E-state index in [-0.39, 0.29) is 5.82 Å². The van der Waals surface area contributed by atoms with Crippen molar-refractivity contribution in [3.05, 3.63) is 65.2 Å². The predicted octanol–water partition coefficient (Wildman–Crippen LogP) is 3.06. The van der Waals surface area contributed by atoms with E-state index in [1.54, 1.807) is 18.5 Å². The van der Waals surface area contributed by atoms with Crippen molar-refractivity contribution in [3.8, 4) is 0 Å². The smallest absolute Gasteiger partial charge is 0.123 e. The van der Waals surface area contributed by atoms with Gasteiger partial charge in [0.05, 0.1) is 6.10 Å². The molecule has 0 aliphatic carbocycles. The van der Waals surface area contributed by atoms with Gasteiger partial charge in [-0.15, -0.1) is 0 Å². The standard InChI is InChI=1S/C15H16FNO/c1-2-12-10-17-7-6-14(12)15(18)9-11-4-3-5-13(16)8-11/h3-8,10,15,18H,2,9H2,1H3. The first-order valence-corrected chi connectivity index (χ1v) is 6.06. The first kappa shape index (κ1) is 12.7. The van der Waals surface area contributed by atoms with Gasteiger partial charge < -0.3 is 5.11 Å². The van der Waals surface area contributed by atoms with Crippen molar-refractivity contribution < 1.29 is 9.50 Å². The molecule has 1 aromatic carbocycles. The molecule has 2 aromatic rings. The Morgan fingerprint density at radius 2 is 2.17 bits per heavy atom. The van der Waals surface area contributed by atoms with Crippen LogP contribution in [0.3, 0.4) is 0 Å². The Kier molecular flexibility index (Phi) is 4.05. The molecule has 94 valence electrons. The highest BCUT2D eigenvalue weighted by Gasteiger charge is 2.12. The number of nitrogens with zero attached hydrogens (tertiary/aromatic N) is 1. The molecule has 1 heterocycles. The third kappa shape index (κ3) is 2.93. The van der Waals surface area contributed by atoms with Crippen LogP contribution in [0.2, 0.25) is 0 Å². The van der Waals surface area contributed by atoms with Gasteiger partial charge in [-0.05, 0) is 41.3 Å². The Morgan fingerprint density at radius 3 is 2.89 bits per heavy atom. The molecule has 0 fully saturated rings. The Labute approximate surface area is 106 Å². The highest BCUT2D eigenvalue weighted by molar-refractivity contribution is 5.28. The molecule has 1 aromatic heterocycles. The first-order valence-electron chi connectivity index (χ1n) is 6.06. The summed E-state index contributed by atoms with van der Waals surface area (Å²) in [4.78, 5) is 4.05. The number of hydrogen-bond acceptors (Lipinski definition) is 2. The molecular formula is C15H16FNO. The van der Waals surface area contributed by atoms with Gasteiger partial charge in [0, 0.05) is 18.8 Å². The molecule has 18 heavy (non-hydrogen) atoms. The Bertz CT molecular complexity index is 527. The van der Waals surface area contributed by atoms with E-state index >= 15 is 0 Å². The van der Waals surface area contributed by atoms with Crippen LogP contribution < -0.4 is 0 Å². The minimum atomic E-state index is -0.621. The van der Waals surface area contributed by atoms with Gasteiger partial charge in [-0.25, -0.2) is 4.39 Å². The molecule has 0 saturated heterocycles. The Hall–Kier alpha value is -1.74. The quantitative estimate of drug-likeness (QED) is 0.898. The van der Waals surface area contributed by atoms with E-state index in [9.17, 15) is 9.50 Å². The van der Waals surface area contributed by atoms with E-state index in [0.29, 0.717) is 6.42 Å². The number of pyridine rings is 1. The van der Waals surface area contributed by atoms with Crippen molar-refractivity contribution in [3.63, 3.8) is 0 Å². The van der Waals surface area contributed by atoms with E-state index in [1.807, 2.05) is 19.1 Å². The molecule has 1 atom stereocenters. The summed E-state index contributed by atoms with van der Waals surface area (Å²) >= 11 is 0. The van der Waals surface area contributed by atoms with Crippen molar-refractivity contribution in [2.45, 2.75) is 25.9 Å². The third-order valence-corrected chi connectivity index (χ3v) is 3.00. The molecule has 1 unspecified atom stereocenters. The van der Waals surface area contributed by atoms with Gasteiger partial charge in [0.2, 0.25) is 0 Å². The van der Waals surface area contributed by atoms with E-state index in [4.69, 9.17) is 0 Å². The number of aliphatic hydroxyl groups excluding tert-OH is 1. The average molecular weight is 245 g/mol. The van der Waals surface area contributed by atoms with Crippen molar-refractivity contribution in [2.75, 3.05) is 0 Å². The van der Waals surface area contributed by atoms with Crippen LogP contribution in [0.4, 0.5) is 4.39 Å². The minimum absolute atomic E-state index is 0.273. The summed E-state index contributed by atoms with van der Waals surface area (Å²) in [5.41, 5.74) is 2.69.